The van der Waals surface area contributed by atoms with Crippen LogP contribution >= 0.6 is 0 Å². The normalized spacial score (nSPS) is 19.5. The van der Waals surface area contributed by atoms with E-state index in [1.54, 1.807) is 24.3 Å². The highest BCUT2D eigenvalue weighted by molar-refractivity contribution is 7.89. The predicted octanol–water partition coefficient (Wildman–Crippen LogP) is 3.56. The number of sulfonamides is 1. The van der Waals surface area contributed by atoms with Gasteiger partial charge >= 0.3 is 12.1 Å². The first-order valence-corrected chi connectivity index (χ1v) is 10.1. The van der Waals surface area contributed by atoms with E-state index in [-0.39, 0.29) is 30.8 Å². The molecule has 0 N–H and O–H groups in total. The van der Waals surface area contributed by atoms with Crippen molar-refractivity contribution in [2.24, 2.45) is 0 Å². The second-order valence-corrected chi connectivity index (χ2v) is 8.79. The molecule has 0 atom stereocenters. The van der Waals surface area contributed by atoms with Gasteiger partial charge in [0, 0.05) is 31.5 Å². The molecule has 148 valence electrons. The van der Waals surface area contributed by atoms with Crippen molar-refractivity contribution >= 4 is 16.0 Å². The number of carbonyl (C=O) groups is 1. The summed E-state index contributed by atoms with van der Waals surface area (Å²) in [4.78, 5) is 11.9. The molecule has 0 aliphatic carbocycles. The molecule has 0 aromatic heterocycles. The Morgan fingerprint density at radius 1 is 0.964 bits per heavy atom. The third-order valence-corrected chi connectivity index (χ3v) is 7.19. The molecule has 4 rings (SSSR count). The quantitative estimate of drug-likeness (QED) is 0.709. The standard InChI is InChI=1S/C19H16F3NO4S/c20-19(21,22)13-5-7-14(8-6-13)28(25,26)23-11-9-18(10-12-23)16-4-2-1-3-15(16)17(24)27-18/h1-8H,9-12H2. The van der Waals surface area contributed by atoms with Gasteiger partial charge in [0.2, 0.25) is 10.0 Å². The molecule has 9 heteroatoms. The second-order valence-electron chi connectivity index (χ2n) is 6.86. The van der Waals surface area contributed by atoms with Crippen molar-refractivity contribution in [2.45, 2.75) is 29.5 Å². The molecule has 2 heterocycles. The molecule has 2 aliphatic rings. The topological polar surface area (TPSA) is 63.7 Å². The first kappa shape index (κ1) is 18.9. The predicted molar refractivity (Wildman–Crippen MR) is 93.0 cm³/mol. The minimum absolute atomic E-state index is 0.102. The Hall–Kier alpha value is -2.39. The van der Waals surface area contributed by atoms with Crippen LogP contribution in [0, 0.1) is 0 Å². The Balaban J connectivity index is 1.55. The highest BCUT2D eigenvalue weighted by Crippen LogP contribution is 2.44. The van der Waals surface area contributed by atoms with Gasteiger partial charge < -0.3 is 4.74 Å². The van der Waals surface area contributed by atoms with E-state index in [0.717, 1.165) is 29.8 Å². The van der Waals surface area contributed by atoms with E-state index >= 15 is 0 Å². The maximum atomic E-state index is 12.8. The van der Waals surface area contributed by atoms with E-state index in [1.165, 1.54) is 4.31 Å². The summed E-state index contributed by atoms with van der Waals surface area (Å²) in [6.07, 6.45) is -3.95. The lowest BCUT2D eigenvalue weighted by atomic mass is 9.84. The molecule has 1 saturated heterocycles. The SMILES string of the molecule is O=C1OC2(CCN(S(=O)(=O)c3ccc(C(F)(F)F)cc3)CC2)c2ccccc21. The van der Waals surface area contributed by atoms with Crippen molar-refractivity contribution in [3.8, 4) is 0 Å². The van der Waals surface area contributed by atoms with Crippen LogP contribution in [0.5, 0.6) is 0 Å². The van der Waals surface area contributed by atoms with Crippen molar-refractivity contribution in [1.29, 1.82) is 0 Å². The summed E-state index contributed by atoms with van der Waals surface area (Å²) in [5.41, 5.74) is -0.508. The number of nitrogens with zero attached hydrogens (tertiary/aromatic N) is 1. The number of rotatable bonds is 2. The van der Waals surface area contributed by atoms with Gasteiger partial charge in [-0.25, -0.2) is 13.2 Å². The van der Waals surface area contributed by atoms with Crippen LogP contribution in [0.15, 0.2) is 53.4 Å². The maximum absolute atomic E-state index is 12.8. The van der Waals surface area contributed by atoms with Gasteiger partial charge in [0.05, 0.1) is 16.0 Å². The van der Waals surface area contributed by atoms with Gasteiger partial charge in [-0.1, -0.05) is 18.2 Å². The van der Waals surface area contributed by atoms with Crippen molar-refractivity contribution in [3.05, 3.63) is 65.2 Å². The summed E-state index contributed by atoms with van der Waals surface area (Å²) >= 11 is 0. The molecule has 0 bridgehead atoms. The summed E-state index contributed by atoms with van der Waals surface area (Å²) < 4.78 is 70.5. The van der Waals surface area contributed by atoms with Crippen LogP contribution in [0.3, 0.4) is 0 Å². The van der Waals surface area contributed by atoms with Gasteiger partial charge in [0.25, 0.3) is 0 Å². The number of ether oxygens (including phenoxy) is 1. The number of esters is 1. The maximum Gasteiger partial charge on any atom is 0.416 e. The van der Waals surface area contributed by atoms with Crippen molar-refractivity contribution < 1.29 is 31.1 Å². The van der Waals surface area contributed by atoms with Crippen LogP contribution < -0.4 is 0 Å². The Morgan fingerprint density at radius 2 is 1.57 bits per heavy atom. The molecule has 2 aromatic rings. The Bertz CT molecular complexity index is 1020. The zero-order valence-electron chi connectivity index (χ0n) is 14.6. The molecule has 0 radical (unpaired) electrons. The number of fused-ring (bicyclic) bond motifs is 2. The van der Waals surface area contributed by atoms with Crippen molar-refractivity contribution in [1.82, 2.24) is 4.31 Å². The molecule has 1 fully saturated rings. The lowest BCUT2D eigenvalue weighted by molar-refractivity contribution is -0.137. The molecule has 0 amide bonds. The summed E-state index contributed by atoms with van der Waals surface area (Å²) in [6.45, 7) is 0.204. The molecule has 1 spiro atoms. The average molecular weight is 411 g/mol. The molecule has 5 nitrogen and oxygen atoms in total. The number of halogens is 3. The van der Waals surface area contributed by atoms with Crippen LogP contribution in [-0.4, -0.2) is 31.8 Å². The molecular formula is C19H16F3NO4S. The summed E-state index contributed by atoms with van der Waals surface area (Å²) in [7, 11) is -3.94. The smallest absolute Gasteiger partial charge is 0.416 e. The number of alkyl halides is 3. The summed E-state index contributed by atoms with van der Waals surface area (Å²) in [6, 6.07) is 10.5. The van der Waals surface area contributed by atoms with Crippen molar-refractivity contribution in [2.75, 3.05) is 13.1 Å². The largest absolute Gasteiger partial charge is 0.450 e. The number of hydrogen-bond acceptors (Lipinski definition) is 4. The third kappa shape index (κ3) is 2.98. The lowest BCUT2D eigenvalue weighted by Gasteiger charge is -2.37. The molecule has 0 unspecified atom stereocenters. The molecule has 2 aromatic carbocycles. The minimum Gasteiger partial charge on any atom is -0.450 e. The Labute approximate surface area is 159 Å². The van der Waals surface area contributed by atoms with Crippen LogP contribution in [0.2, 0.25) is 0 Å². The number of piperidine rings is 1. The van der Waals surface area contributed by atoms with Crippen LogP contribution in [0.25, 0.3) is 0 Å². The monoisotopic (exact) mass is 411 g/mol. The van der Waals surface area contributed by atoms with E-state index < -0.39 is 33.3 Å². The van der Waals surface area contributed by atoms with Crippen LogP contribution in [0.1, 0.15) is 34.3 Å². The van der Waals surface area contributed by atoms with E-state index in [1.807, 2.05) is 0 Å². The summed E-state index contributed by atoms with van der Waals surface area (Å²) in [5.74, 6) is -0.422. The van der Waals surface area contributed by atoms with Gasteiger partial charge in [-0.05, 0) is 30.3 Å². The van der Waals surface area contributed by atoms with E-state index in [0.29, 0.717) is 5.56 Å². The van der Waals surface area contributed by atoms with Crippen LogP contribution in [0.4, 0.5) is 13.2 Å². The molecule has 2 aliphatic heterocycles. The van der Waals surface area contributed by atoms with Gasteiger partial charge in [0.15, 0.2) is 0 Å². The van der Waals surface area contributed by atoms with E-state index in [2.05, 4.69) is 0 Å². The average Bonchev–Trinajstić information content (AvgIpc) is 2.94. The number of carbonyl (C=O) groups excluding carboxylic acids is 1. The number of benzene rings is 2. The summed E-state index contributed by atoms with van der Waals surface area (Å²) in [5, 5.41) is 0. The molecule has 28 heavy (non-hydrogen) atoms. The highest BCUT2D eigenvalue weighted by Gasteiger charge is 2.48. The third-order valence-electron chi connectivity index (χ3n) is 5.28. The van der Waals surface area contributed by atoms with E-state index in [4.69, 9.17) is 4.74 Å². The first-order valence-electron chi connectivity index (χ1n) is 8.64. The fourth-order valence-electron chi connectivity index (χ4n) is 3.77. The van der Waals surface area contributed by atoms with E-state index in [9.17, 15) is 26.4 Å². The van der Waals surface area contributed by atoms with Gasteiger partial charge in [-0.3, -0.25) is 0 Å². The Kier molecular flexibility index (Phi) is 4.27. The zero-order valence-corrected chi connectivity index (χ0v) is 15.4. The zero-order chi connectivity index (χ0) is 20.2. The van der Waals surface area contributed by atoms with Crippen molar-refractivity contribution in [3.63, 3.8) is 0 Å². The molecular weight excluding hydrogens is 395 g/mol. The van der Waals surface area contributed by atoms with Gasteiger partial charge in [0.1, 0.15) is 5.60 Å². The van der Waals surface area contributed by atoms with Gasteiger partial charge in [-0.2, -0.15) is 17.5 Å². The highest BCUT2D eigenvalue weighted by atomic mass is 32.2. The minimum atomic E-state index is -4.53. The second kappa shape index (κ2) is 6.31. The fourth-order valence-corrected chi connectivity index (χ4v) is 5.21. The van der Waals surface area contributed by atoms with Crippen LogP contribution in [-0.2, 0) is 26.5 Å². The first-order chi connectivity index (χ1) is 13.1. The fraction of sp³-hybridized carbons (Fsp3) is 0.316. The molecule has 0 saturated carbocycles. The lowest BCUT2D eigenvalue weighted by Crippen LogP contribution is -2.45. The number of hydrogen-bond donors (Lipinski definition) is 0. The Morgan fingerprint density at radius 3 is 2.18 bits per heavy atom. The van der Waals surface area contributed by atoms with Gasteiger partial charge in [-0.15, -0.1) is 0 Å².